The first-order chi connectivity index (χ1) is 14.7. The average Bonchev–Trinajstić information content (AvgIpc) is 3.28. The molecular formula is C23H22N4O2S. The predicted octanol–water partition coefficient (Wildman–Crippen LogP) is 4.62. The highest BCUT2D eigenvalue weighted by molar-refractivity contribution is 7.13. The number of carbonyl (C=O) groups is 2. The lowest BCUT2D eigenvalue weighted by Gasteiger charge is -2.53. The van der Waals surface area contributed by atoms with Crippen molar-refractivity contribution in [2.24, 2.45) is 0 Å². The summed E-state index contributed by atoms with van der Waals surface area (Å²) in [6.45, 7) is 0. The maximum Gasteiger partial charge on any atom is 0.259 e. The minimum Gasteiger partial charge on any atom is -0.301 e. The number of benzene rings is 2. The van der Waals surface area contributed by atoms with Crippen LogP contribution in [-0.4, -0.2) is 27.6 Å². The van der Waals surface area contributed by atoms with Crippen LogP contribution in [0.4, 0.5) is 10.8 Å². The third-order valence-electron chi connectivity index (χ3n) is 6.27. The first kappa shape index (κ1) is 18.9. The second-order valence-corrected chi connectivity index (χ2v) is 8.73. The molecule has 2 aromatic carbocycles. The number of nitrogens with one attached hydrogen (secondary N) is 1. The van der Waals surface area contributed by atoms with E-state index in [1.807, 2.05) is 59.5 Å². The molecule has 5 rings (SSSR count). The van der Waals surface area contributed by atoms with Gasteiger partial charge in [-0.15, -0.1) is 10.2 Å². The average molecular weight is 419 g/mol. The Kier molecular flexibility index (Phi) is 4.83. The predicted molar refractivity (Wildman–Crippen MR) is 117 cm³/mol. The van der Waals surface area contributed by atoms with Gasteiger partial charge in [0.25, 0.3) is 5.91 Å². The summed E-state index contributed by atoms with van der Waals surface area (Å²) in [5.41, 5.74) is 3.24. The molecule has 1 aliphatic heterocycles. The standard InChI is InChI=1S/C23H22N4O2S/c28-20(25-22-26-24-15-30-22)19-17-11-5-6-12-18(17)21(29)27(16-9-3-1-4-10-16)23(19)13-7-2-8-14-23/h1,3-6,9-12,15,19H,2,7-8,13-14H2,(H,25,26,28). The Bertz CT molecular complexity index is 1060. The number of nitrogens with zero attached hydrogens (tertiary/aromatic N) is 3. The third-order valence-corrected chi connectivity index (χ3v) is 6.88. The number of amides is 2. The molecule has 1 aliphatic carbocycles. The van der Waals surface area contributed by atoms with Crippen molar-refractivity contribution in [3.8, 4) is 0 Å². The molecule has 0 saturated heterocycles. The molecule has 1 spiro atoms. The van der Waals surface area contributed by atoms with E-state index in [1.54, 1.807) is 5.51 Å². The first-order valence-corrected chi connectivity index (χ1v) is 11.1. The number of aromatic nitrogens is 2. The monoisotopic (exact) mass is 418 g/mol. The van der Waals surface area contributed by atoms with Crippen molar-refractivity contribution in [1.82, 2.24) is 10.2 Å². The van der Waals surface area contributed by atoms with Gasteiger partial charge in [0.15, 0.2) is 0 Å². The summed E-state index contributed by atoms with van der Waals surface area (Å²) < 4.78 is 0. The Morgan fingerprint density at radius 3 is 2.50 bits per heavy atom. The van der Waals surface area contributed by atoms with Gasteiger partial charge in [-0.3, -0.25) is 14.9 Å². The third kappa shape index (κ3) is 3.01. The highest BCUT2D eigenvalue weighted by Crippen LogP contribution is 2.51. The molecule has 152 valence electrons. The number of rotatable bonds is 3. The van der Waals surface area contributed by atoms with Gasteiger partial charge in [-0.2, -0.15) is 0 Å². The molecule has 1 fully saturated rings. The molecule has 2 aliphatic rings. The molecule has 0 radical (unpaired) electrons. The summed E-state index contributed by atoms with van der Waals surface area (Å²) in [4.78, 5) is 29.3. The molecule has 3 aromatic rings. The van der Waals surface area contributed by atoms with E-state index >= 15 is 0 Å². The van der Waals surface area contributed by atoms with Crippen LogP contribution < -0.4 is 10.2 Å². The smallest absolute Gasteiger partial charge is 0.259 e. The molecule has 6 nitrogen and oxygen atoms in total. The fourth-order valence-electron chi connectivity index (χ4n) is 5.10. The summed E-state index contributed by atoms with van der Waals surface area (Å²) in [5.74, 6) is -0.635. The van der Waals surface area contributed by atoms with E-state index in [4.69, 9.17) is 0 Å². The molecule has 1 saturated carbocycles. The molecule has 1 atom stereocenters. The molecule has 1 N–H and O–H groups in total. The quantitative estimate of drug-likeness (QED) is 0.673. The van der Waals surface area contributed by atoms with E-state index in [0.29, 0.717) is 10.7 Å². The Morgan fingerprint density at radius 1 is 1.03 bits per heavy atom. The van der Waals surface area contributed by atoms with Crippen LogP contribution >= 0.6 is 11.3 Å². The van der Waals surface area contributed by atoms with Crippen LogP contribution in [0.2, 0.25) is 0 Å². The molecule has 30 heavy (non-hydrogen) atoms. The van der Waals surface area contributed by atoms with Gasteiger partial charge in [0.2, 0.25) is 11.0 Å². The zero-order valence-electron chi connectivity index (χ0n) is 16.5. The molecule has 2 heterocycles. The number of para-hydroxylation sites is 1. The van der Waals surface area contributed by atoms with Crippen molar-refractivity contribution in [2.45, 2.75) is 43.6 Å². The summed E-state index contributed by atoms with van der Waals surface area (Å²) in [6.07, 6.45) is 4.67. The van der Waals surface area contributed by atoms with Crippen LogP contribution in [0, 0.1) is 0 Å². The molecule has 2 amide bonds. The number of fused-ring (bicyclic) bond motifs is 1. The maximum absolute atomic E-state index is 13.7. The van der Waals surface area contributed by atoms with Gasteiger partial charge >= 0.3 is 0 Å². The van der Waals surface area contributed by atoms with Crippen LogP contribution in [0.25, 0.3) is 0 Å². The Balaban J connectivity index is 1.70. The van der Waals surface area contributed by atoms with E-state index in [2.05, 4.69) is 15.5 Å². The fraction of sp³-hybridized carbons (Fsp3) is 0.304. The zero-order chi connectivity index (χ0) is 20.6. The molecule has 7 heteroatoms. The van der Waals surface area contributed by atoms with Crippen molar-refractivity contribution >= 4 is 34.0 Å². The van der Waals surface area contributed by atoms with E-state index in [9.17, 15) is 9.59 Å². The van der Waals surface area contributed by atoms with Crippen molar-refractivity contribution in [1.29, 1.82) is 0 Å². The van der Waals surface area contributed by atoms with Crippen molar-refractivity contribution in [3.05, 3.63) is 71.2 Å². The van der Waals surface area contributed by atoms with Gasteiger partial charge in [-0.25, -0.2) is 0 Å². The van der Waals surface area contributed by atoms with E-state index in [-0.39, 0.29) is 11.8 Å². The van der Waals surface area contributed by atoms with E-state index in [1.165, 1.54) is 11.3 Å². The van der Waals surface area contributed by atoms with Crippen LogP contribution in [0.1, 0.15) is 53.9 Å². The van der Waals surface area contributed by atoms with Gasteiger partial charge in [-0.1, -0.05) is 67.0 Å². The highest BCUT2D eigenvalue weighted by Gasteiger charge is 2.55. The van der Waals surface area contributed by atoms with Crippen molar-refractivity contribution in [3.63, 3.8) is 0 Å². The fourth-order valence-corrected chi connectivity index (χ4v) is 5.55. The van der Waals surface area contributed by atoms with Crippen LogP contribution in [0.5, 0.6) is 0 Å². The number of hydrogen-bond acceptors (Lipinski definition) is 5. The lowest BCUT2D eigenvalue weighted by atomic mass is 9.65. The van der Waals surface area contributed by atoms with Gasteiger partial charge in [0, 0.05) is 11.3 Å². The van der Waals surface area contributed by atoms with E-state index < -0.39 is 11.5 Å². The normalized spacial score (nSPS) is 20.1. The zero-order valence-corrected chi connectivity index (χ0v) is 17.3. The van der Waals surface area contributed by atoms with Crippen molar-refractivity contribution in [2.75, 3.05) is 10.2 Å². The lowest BCUT2D eigenvalue weighted by molar-refractivity contribution is -0.119. The SMILES string of the molecule is O=C(Nc1nncs1)C1c2ccccc2C(=O)N(c2ccccc2)C12CCCCC2. The largest absolute Gasteiger partial charge is 0.301 e. The van der Waals surface area contributed by atoms with Crippen molar-refractivity contribution < 1.29 is 9.59 Å². The summed E-state index contributed by atoms with van der Waals surface area (Å²) in [5, 5.41) is 11.3. The Hall–Kier alpha value is -3.06. The molecule has 1 unspecified atom stereocenters. The second kappa shape index (κ2) is 7.65. The Labute approximate surface area is 178 Å². The summed E-state index contributed by atoms with van der Waals surface area (Å²) >= 11 is 1.29. The maximum atomic E-state index is 13.7. The van der Waals surface area contributed by atoms with Crippen LogP contribution in [0.15, 0.2) is 60.1 Å². The first-order valence-electron chi connectivity index (χ1n) is 10.3. The number of hydrogen-bond donors (Lipinski definition) is 1. The van der Waals surface area contributed by atoms with Crippen LogP contribution in [-0.2, 0) is 4.79 Å². The molecule has 1 aromatic heterocycles. The topological polar surface area (TPSA) is 75.2 Å². The highest BCUT2D eigenvalue weighted by atomic mass is 32.1. The summed E-state index contributed by atoms with van der Waals surface area (Å²) in [7, 11) is 0. The Morgan fingerprint density at radius 2 is 1.77 bits per heavy atom. The lowest BCUT2D eigenvalue weighted by Crippen LogP contribution is -2.62. The minimum absolute atomic E-state index is 0.0290. The van der Waals surface area contributed by atoms with Gasteiger partial charge in [0.1, 0.15) is 5.51 Å². The number of carbonyl (C=O) groups excluding carboxylic acids is 2. The van der Waals surface area contributed by atoms with Gasteiger partial charge in [0.05, 0.1) is 11.5 Å². The minimum atomic E-state index is -0.597. The number of anilines is 2. The van der Waals surface area contributed by atoms with E-state index in [0.717, 1.165) is 43.4 Å². The molecule has 0 bridgehead atoms. The summed E-state index contributed by atoms with van der Waals surface area (Å²) in [6, 6.07) is 17.3. The second-order valence-electron chi connectivity index (χ2n) is 7.89. The molecular weight excluding hydrogens is 396 g/mol. The van der Waals surface area contributed by atoms with Crippen LogP contribution in [0.3, 0.4) is 0 Å². The van der Waals surface area contributed by atoms with Gasteiger partial charge < -0.3 is 4.90 Å². The van der Waals surface area contributed by atoms with Gasteiger partial charge in [-0.05, 0) is 36.6 Å².